The first kappa shape index (κ1) is 17.4. The van der Waals surface area contributed by atoms with Crippen molar-refractivity contribution in [3.8, 4) is 0 Å². The van der Waals surface area contributed by atoms with Crippen LogP contribution in [0.25, 0.3) is 0 Å². The molecule has 7 heteroatoms. The van der Waals surface area contributed by atoms with Gasteiger partial charge in [0.25, 0.3) is 0 Å². The lowest BCUT2D eigenvalue weighted by molar-refractivity contribution is 0.0526. The van der Waals surface area contributed by atoms with Crippen molar-refractivity contribution in [3.63, 3.8) is 0 Å². The molecule has 1 aromatic carbocycles. The van der Waals surface area contributed by atoms with Gasteiger partial charge < -0.3 is 19.5 Å². The van der Waals surface area contributed by atoms with Crippen molar-refractivity contribution in [1.29, 1.82) is 0 Å². The first-order valence-electron chi connectivity index (χ1n) is 8.17. The molecule has 2 amide bonds. The first-order chi connectivity index (χ1) is 12.1. The van der Waals surface area contributed by atoms with Crippen molar-refractivity contribution in [2.75, 3.05) is 24.2 Å². The van der Waals surface area contributed by atoms with Crippen LogP contribution in [0.4, 0.5) is 10.5 Å². The standard InChI is InChI=1S/C18H21N3O3S/c1-3-24-17(22)13-6-8-14(9-7-13)19-18(23)21-11-12-25-16(21)15-5-4-10-20(15)2/h4-10,16H,3,11-12H2,1-2H3,(H,19,23)/t16-/m0/s1. The Labute approximate surface area is 151 Å². The monoisotopic (exact) mass is 359 g/mol. The third kappa shape index (κ3) is 3.82. The van der Waals surface area contributed by atoms with E-state index in [-0.39, 0.29) is 17.4 Å². The second-order valence-electron chi connectivity index (χ2n) is 5.69. The zero-order valence-corrected chi connectivity index (χ0v) is 15.1. The Kier molecular flexibility index (Phi) is 5.33. The summed E-state index contributed by atoms with van der Waals surface area (Å²) in [6.07, 6.45) is 1.98. The van der Waals surface area contributed by atoms with Gasteiger partial charge in [0.05, 0.1) is 17.9 Å². The summed E-state index contributed by atoms with van der Waals surface area (Å²) < 4.78 is 7.00. The number of benzene rings is 1. The fourth-order valence-electron chi connectivity index (χ4n) is 2.75. The number of amides is 2. The average Bonchev–Trinajstić information content (AvgIpc) is 3.24. The molecule has 0 radical (unpaired) electrons. The van der Waals surface area contributed by atoms with Gasteiger partial charge in [-0.05, 0) is 43.3 Å². The quantitative estimate of drug-likeness (QED) is 0.849. The Morgan fingerprint density at radius 2 is 2.04 bits per heavy atom. The minimum atomic E-state index is -0.361. The van der Waals surface area contributed by atoms with Crippen molar-refractivity contribution in [1.82, 2.24) is 9.47 Å². The van der Waals surface area contributed by atoms with Gasteiger partial charge in [0.15, 0.2) is 0 Å². The average molecular weight is 359 g/mol. The van der Waals surface area contributed by atoms with Gasteiger partial charge in [-0.2, -0.15) is 0 Å². The summed E-state index contributed by atoms with van der Waals surface area (Å²) in [4.78, 5) is 26.2. The van der Waals surface area contributed by atoms with E-state index < -0.39 is 0 Å². The summed E-state index contributed by atoms with van der Waals surface area (Å²) >= 11 is 1.76. The number of urea groups is 1. The Morgan fingerprint density at radius 1 is 1.28 bits per heavy atom. The van der Waals surface area contributed by atoms with Crippen LogP contribution in [-0.4, -0.2) is 40.4 Å². The molecule has 0 unspecified atom stereocenters. The number of aryl methyl sites for hydroxylation is 1. The molecule has 25 heavy (non-hydrogen) atoms. The Morgan fingerprint density at radius 3 is 2.68 bits per heavy atom. The third-order valence-corrected chi connectivity index (χ3v) is 5.27. The van der Waals surface area contributed by atoms with Gasteiger partial charge >= 0.3 is 12.0 Å². The van der Waals surface area contributed by atoms with Crippen molar-refractivity contribution in [2.24, 2.45) is 7.05 Å². The van der Waals surface area contributed by atoms with E-state index in [0.29, 0.717) is 24.4 Å². The Bertz CT molecular complexity index is 757. The van der Waals surface area contributed by atoms with E-state index in [1.807, 2.05) is 34.8 Å². The molecule has 3 rings (SSSR count). The molecule has 0 bridgehead atoms. The predicted octanol–water partition coefficient (Wildman–Crippen LogP) is 3.48. The molecule has 1 aromatic heterocycles. The lowest BCUT2D eigenvalue weighted by Gasteiger charge is -2.24. The van der Waals surface area contributed by atoms with Crippen LogP contribution >= 0.6 is 11.8 Å². The summed E-state index contributed by atoms with van der Waals surface area (Å²) in [5.41, 5.74) is 2.23. The number of carbonyl (C=O) groups is 2. The van der Waals surface area contributed by atoms with Gasteiger partial charge in [0, 0.05) is 31.2 Å². The highest BCUT2D eigenvalue weighted by Crippen LogP contribution is 2.38. The second kappa shape index (κ2) is 7.65. The van der Waals surface area contributed by atoms with E-state index in [1.54, 1.807) is 43.0 Å². The predicted molar refractivity (Wildman–Crippen MR) is 98.7 cm³/mol. The largest absolute Gasteiger partial charge is 0.462 e. The number of anilines is 1. The summed E-state index contributed by atoms with van der Waals surface area (Å²) in [5.74, 6) is 0.547. The van der Waals surface area contributed by atoms with Gasteiger partial charge in [-0.1, -0.05) is 0 Å². The fraction of sp³-hybridized carbons (Fsp3) is 0.333. The number of rotatable bonds is 4. The molecule has 0 aliphatic carbocycles. The van der Waals surface area contributed by atoms with Gasteiger partial charge in [0.2, 0.25) is 0 Å². The van der Waals surface area contributed by atoms with Crippen LogP contribution < -0.4 is 5.32 Å². The normalized spacial score (nSPS) is 16.7. The van der Waals surface area contributed by atoms with Gasteiger partial charge in [-0.15, -0.1) is 11.8 Å². The Hall–Kier alpha value is -2.41. The number of thioether (sulfide) groups is 1. The number of carbonyl (C=O) groups excluding carboxylic acids is 2. The molecule has 0 spiro atoms. The van der Waals surface area contributed by atoms with Gasteiger partial charge in [0.1, 0.15) is 5.37 Å². The molecule has 1 fully saturated rings. The number of ether oxygens (including phenoxy) is 1. The molecule has 2 aromatic rings. The molecule has 1 N–H and O–H groups in total. The molecule has 132 valence electrons. The van der Waals surface area contributed by atoms with Gasteiger partial charge in [-0.3, -0.25) is 0 Å². The molecule has 6 nitrogen and oxygen atoms in total. The van der Waals surface area contributed by atoms with E-state index in [1.165, 1.54) is 0 Å². The minimum absolute atomic E-state index is 0.0128. The number of esters is 1. The van der Waals surface area contributed by atoms with E-state index >= 15 is 0 Å². The zero-order chi connectivity index (χ0) is 17.8. The summed E-state index contributed by atoms with van der Waals surface area (Å²) in [5, 5.41) is 2.92. The van der Waals surface area contributed by atoms with Crippen LogP contribution in [0, 0.1) is 0 Å². The maximum absolute atomic E-state index is 12.7. The van der Waals surface area contributed by atoms with E-state index in [2.05, 4.69) is 5.32 Å². The lowest BCUT2D eigenvalue weighted by atomic mass is 10.2. The minimum Gasteiger partial charge on any atom is -0.462 e. The third-order valence-electron chi connectivity index (χ3n) is 4.04. The number of aromatic nitrogens is 1. The van der Waals surface area contributed by atoms with E-state index in [0.717, 1.165) is 11.4 Å². The second-order valence-corrected chi connectivity index (χ2v) is 6.88. The first-order valence-corrected chi connectivity index (χ1v) is 9.22. The highest BCUT2D eigenvalue weighted by atomic mass is 32.2. The molecule has 2 heterocycles. The number of nitrogens with one attached hydrogen (secondary N) is 1. The summed E-state index contributed by atoms with van der Waals surface area (Å²) in [6, 6.07) is 10.6. The fourth-order valence-corrected chi connectivity index (χ4v) is 4.08. The highest BCUT2D eigenvalue weighted by molar-refractivity contribution is 7.99. The van der Waals surface area contributed by atoms with Crippen LogP contribution in [0.1, 0.15) is 28.3 Å². The number of nitrogens with zero attached hydrogens (tertiary/aromatic N) is 2. The SMILES string of the molecule is CCOC(=O)c1ccc(NC(=O)N2CCS[C@H]2c2cccn2C)cc1. The molecule has 1 aliphatic heterocycles. The van der Waals surface area contributed by atoms with Crippen LogP contribution in [-0.2, 0) is 11.8 Å². The zero-order valence-electron chi connectivity index (χ0n) is 14.3. The lowest BCUT2D eigenvalue weighted by Crippen LogP contribution is -2.34. The Balaban J connectivity index is 1.67. The maximum atomic E-state index is 12.7. The molecule has 0 saturated carbocycles. The van der Waals surface area contributed by atoms with Crippen molar-refractivity contribution >= 4 is 29.4 Å². The molecule has 1 atom stereocenters. The summed E-state index contributed by atoms with van der Waals surface area (Å²) in [7, 11) is 1.98. The van der Waals surface area contributed by atoms with Crippen LogP contribution in [0.2, 0.25) is 0 Å². The van der Waals surface area contributed by atoms with Crippen LogP contribution in [0.3, 0.4) is 0 Å². The van der Waals surface area contributed by atoms with Crippen LogP contribution in [0.5, 0.6) is 0 Å². The molecule has 1 saturated heterocycles. The summed E-state index contributed by atoms with van der Waals surface area (Å²) in [6.45, 7) is 2.81. The number of hydrogen-bond donors (Lipinski definition) is 1. The molecule has 1 aliphatic rings. The van der Waals surface area contributed by atoms with Crippen LogP contribution in [0.15, 0.2) is 42.6 Å². The van der Waals surface area contributed by atoms with Crippen molar-refractivity contribution in [2.45, 2.75) is 12.3 Å². The van der Waals surface area contributed by atoms with Crippen molar-refractivity contribution in [3.05, 3.63) is 53.9 Å². The van der Waals surface area contributed by atoms with Gasteiger partial charge in [-0.25, -0.2) is 9.59 Å². The maximum Gasteiger partial charge on any atom is 0.338 e. The molecular weight excluding hydrogens is 338 g/mol. The van der Waals surface area contributed by atoms with E-state index in [9.17, 15) is 9.59 Å². The topological polar surface area (TPSA) is 63.6 Å². The molecular formula is C18H21N3O3S. The number of hydrogen-bond acceptors (Lipinski definition) is 4. The smallest absolute Gasteiger partial charge is 0.338 e. The van der Waals surface area contributed by atoms with Crippen molar-refractivity contribution < 1.29 is 14.3 Å². The van der Waals surface area contributed by atoms with E-state index in [4.69, 9.17) is 4.74 Å². The highest BCUT2D eigenvalue weighted by Gasteiger charge is 2.32.